The Labute approximate surface area is 124 Å². The first-order valence-electron chi connectivity index (χ1n) is 7.27. The van der Waals surface area contributed by atoms with Crippen LogP contribution in [0, 0.1) is 5.41 Å². The molecule has 6 nitrogen and oxygen atoms in total. The van der Waals surface area contributed by atoms with Crippen molar-refractivity contribution in [2.45, 2.75) is 39.7 Å². The maximum atomic E-state index is 11.9. The molecule has 0 unspecified atom stereocenters. The van der Waals surface area contributed by atoms with Crippen molar-refractivity contribution in [3.05, 3.63) is 30.2 Å². The van der Waals surface area contributed by atoms with Crippen LogP contribution in [-0.2, 0) is 11.3 Å². The standard InChI is InChI=1S/C15H23N5O/c1-15(2,8-9-16)7-6-14(21)17-11-13-19-18-12-5-3-4-10-20(12)13/h3-5,10H,6-9,11,16H2,1-2H3,(H,17,21). The van der Waals surface area contributed by atoms with Gasteiger partial charge < -0.3 is 11.1 Å². The molecule has 2 aromatic heterocycles. The van der Waals surface area contributed by atoms with Gasteiger partial charge in [0.15, 0.2) is 11.5 Å². The molecule has 0 fully saturated rings. The number of carbonyl (C=O) groups excluding carboxylic acids is 1. The molecule has 0 aliphatic heterocycles. The highest BCUT2D eigenvalue weighted by Crippen LogP contribution is 2.25. The lowest BCUT2D eigenvalue weighted by atomic mass is 9.84. The molecule has 0 aliphatic rings. The number of nitrogens with zero attached hydrogens (tertiary/aromatic N) is 3. The van der Waals surface area contributed by atoms with Crippen LogP contribution in [0.15, 0.2) is 24.4 Å². The van der Waals surface area contributed by atoms with Crippen LogP contribution in [0.3, 0.4) is 0 Å². The summed E-state index contributed by atoms with van der Waals surface area (Å²) >= 11 is 0. The Balaban J connectivity index is 1.84. The molecular weight excluding hydrogens is 266 g/mol. The van der Waals surface area contributed by atoms with E-state index in [0.29, 0.717) is 19.5 Å². The van der Waals surface area contributed by atoms with Crippen LogP contribution < -0.4 is 11.1 Å². The van der Waals surface area contributed by atoms with E-state index in [1.165, 1.54) is 0 Å². The molecule has 2 aromatic rings. The number of fused-ring (bicyclic) bond motifs is 1. The van der Waals surface area contributed by atoms with Gasteiger partial charge in [-0.1, -0.05) is 19.9 Å². The Morgan fingerprint density at radius 1 is 1.33 bits per heavy atom. The minimum absolute atomic E-state index is 0.0350. The smallest absolute Gasteiger partial charge is 0.220 e. The summed E-state index contributed by atoms with van der Waals surface area (Å²) in [6, 6.07) is 5.70. The molecule has 0 aromatic carbocycles. The second-order valence-electron chi connectivity index (χ2n) is 6.02. The van der Waals surface area contributed by atoms with Gasteiger partial charge in [-0.15, -0.1) is 10.2 Å². The van der Waals surface area contributed by atoms with Gasteiger partial charge in [0.25, 0.3) is 0 Å². The van der Waals surface area contributed by atoms with E-state index in [2.05, 4.69) is 29.4 Å². The molecule has 0 spiro atoms. The predicted octanol–water partition coefficient (Wildman–Crippen LogP) is 1.50. The Morgan fingerprint density at radius 3 is 2.90 bits per heavy atom. The monoisotopic (exact) mass is 289 g/mol. The van der Waals surface area contributed by atoms with E-state index in [4.69, 9.17) is 5.73 Å². The van der Waals surface area contributed by atoms with Crippen LogP contribution in [0.2, 0.25) is 0 Å². The minimum atomic E-state index is 0.0350. The zero-order chi connectivity index (χ0) is 15.3. The summed E-state index contributed by atoms with van der Waals surface area (Å²) in [5, 5.41) is 11.0. The van der Waals surface area contributed by atoms with Crippen molar-refractivity contribution in [1.29, 1.82) is 0 Å². The third kappa shape index (κ3) is 4.26. The van der Waals surface area contributed by atoms with Gasteiger partial charge in [0.1, 0.15) is 0 Å². The molecule has 0 radical (unpaired) electrons. The van der Waals surface area contributed by atoms with E-state index in [-0.39, 0.29) is 11.3 Å². The van der Waals surface area contributed by atoms with Crippen LogP contribution in [0.4, 0.5) is 0 Å². The second kappa shape index (κ2) is 6.67. The SMILES string of the molecule is CC(C)(CCN)CCC(=O)NCc1nnc2ccccn12. The largest absolute Gasteiger partial charge is 0.349 e. The van der Waals surface area contributed by atoms with Gasteiger partial charge in [-0.2, -0.15) is 0 Å². The van der Waals surface area contributed by atoms with Crippen LogP contribution in [0.1, 0.15) is 38.9 Å². The first kappa shape index (κ1) is 15.4. The Bertz CT molecular complexity index is 605. The maximum Gasteiger partial charge on any atom is 0.220 e. The lowest BCUT2D eigenvalue weighted by Crippen LogP contribution is -2.26. The Morgan fingerprint density at radius 2 is 2.14 bits per heavy atom. The van der Waals surface area contributed by atoms with Gasteiger partial charge in [0.05, 0.1) is 6.54 Å². The Kier molecular flexibility index (Phi) is 4.90. The topological polar surface area (TPSA) is 85.3 Å². The van der Waals surface area contributed by atoms with Gasteiger partial charge in [0, 0.05) is 12.6 Å². The van der Waals surface area contributed by atoms with Crippen molar-refractivity contribution in [3.63, 3.8) is 0 Å². The lowest BCUT2D eigenvalue weighted by molar-refractivity contribution is -0.121. The molecule has 6 heteroatoms. The molecule has 3 N–H and O–H groups in total. The quantitative estimate of drug-likeness (QED) is 0.809. The third-order valence-electron chi connectivity index (χ3n) is 3.68. The molecule has 1 amide bonds. The number of hydrogen-bond donors (Lipinski definition) is 2. The molecule has 0 atom stereocenters. The number of aromatic nitrogens is 3. The van der Waals surface area contributed by atoms with Crippen molar-refractivity contribution in [1.82, 2.24) is 19.9 Å². The molecule has 0 bridgehead atoms. The first-order chi connectivity index (χ1) is 10.0. The summed E-state index contributed by atoms with van der Waals surface area (Å²) in [5.74, 6) is 0.771. The highest BCUT2D eigenvalue weighted by atomic mass is 16.1. The fourth-order valence-electron chi connectivity index (χ4n) is 2.25. The fraction of sp³-hybridized carbons (Fsp3) is 0.533. The number of carbonyl (C=O) groups is 1. The number of rotatable bonds is 7. The molecule has 2 heterocycles. The first-order valence-corrected chi connectivity index (χ1v) is 7.27. The van der Waals surface area contributed by atoms with Gasteiger partial charge in [-0.3, -0.25) is 9.20 Å². The average molecular weight is 289 g/mol. The molecule has 114 valence electrons. The fourth-order valence-corrected chi connectivity index (χ4v) is 2.25. The summed E-state index contributed by atoms with van der Waals surface area (Å²) in [5.41, 5.74) is 6.47. The third-order valence-corrected chi connectivity index (χ3v) is 3.68. The van der Waals surface area contributed by atoms with E-state index >= 15 is 0 Å². The van der Waals surface area contributed by atoms with Gasteiger partial charge in [-0.25, -0.2) is 0 Å². The predicted molar refractivity (Wildman–Crippen MR) is 81.5 cm³/mol. The average Bonchev–Trinajstić information content (AvgIpc) is 2.86. The lowest BCUT2D eigenvalue weighted by Gasteiger charge is -2.23. The second-order valence-corrected chi connectivity index (χ2v) is 6.02. The van der Waals surface area contributed by atoms with Crippen molar-refractivity contribution in [3.8, 4) is 0 Å². The Hall–Kier alpha value is -1.95. The number of hydrogen-bond acceptors (Lipinski definition) is 4. The van der Waals surface area contributed by atoms with Crippen molar-refractivity contribution in [2.75, 3.05) is 6.54 Å². The zero-order valence-corrected chi connectivity index (χ0v) is 12.7. The van der Waals surface area contributed by atoms with Crippen molar-refractivity contribution < 1.29 is 4.79 Å². The molecule has 0 saturated heterocycles. The molecule has 21 heavy (non-hydrogen) atoms. The normalized spacial score (nSPS) is 11.8. The highest BCUT2D eigenvalue weighted by Gasteiger charge is 2.18. The van der Waals surface area contributed by atoms with E-state index in [1.54, 1.807) is 0 Å². The van der Waals surface area contributed by atoms with Crippen LogP contribution in [0.5, 0.6) is 0 Å². The highest BCUT2D eigenvalue weighted by molar-refractivity contribution is 5.75. The molecule has 2 rings (SSSR count). The van der Waals surface area contributed by atoms with Crippen molar-refractivity contribution in [2.24, 2.45) is 11.1 Å². The van der Waals surface area contributed by atoms with Crippen LogP contribution in [-0.4, -0.2) is 27.0 Å². The summed E-state index contributed by atoms with van der Waals surface area (Å²) < 4.78 is 1.87. The number of amides is 1. The van der Waals surface area contributed by atoms with Crippen molar-refractivity contribution >= 4 is 11.6 Å². The maximum absolute atomic E-state index is 11.9. The summed E-state index contributed by atoms with van der Waals surface area (Å²) in [6.07, 6.45) is 4.15. The van der Waals surface area contributed by atoms with Crippen LogP contribution in [0.25, 0.3) is 5.65 Å². The minimum Gasteiger partial charge on any atom is -0.349 e. The van der Waals surface area contributed by atoms with Gasteiger partial charge >= 0.3 is 0 Å². The molecule has 0 saturated carbocycles. The number of nitrogens with one attached hydrogen (secondary N) is 1. The number of pyridine rings is 1. The summed E-state index contributed by atoms with van der Waals surface area (Å²) in [7, 11) is 0. The molecule has 0 aliphatic carbocycles. The van der Waals surface area contributed by atoms with E-state index in [1.807, 2.05) is 28.8 Å². The van der Waals surface area contributed by atoms with Gasteiger partial charge in [-0.05, 0) is 36.9 Å². The summed E-state index contributed by atoms with van der Waals surface area (Å²) in [6.45, 7) is 5.32. The van der Waals surface area contributed by atoms with Gasteiger partial charge in [0.2, 0.25) is 5.91 Å². The zero-order valence-electron chi connectivity index (χ0n) is 12.7. The van der Waals surface area contributed by atoms with E-state index in [0.717, 1.165) is 24.3 Å². The molecular formula is C15H23N5O. The summed E-state index contributed by atoms with van der Waals surface area (Å²) in [4.78, 5) is 11.9. The van der Waals surface area contributed by atoms with Crippen LogP contribution >= 0.6 is 0 Å². The van der Waals surface area contributed by atoms with E-state index in [9.17, 15) is 4.79 Å². The van der Waals surface area contributed by atoms with E-state index < -0.39 is 0 Å². The number of nitrogens with two attached hydrogens (primary N) is 1.